The third kappa shape index (κ3) is 2.62. The van der Waals surface area contributed by atoms with E-state index in [1.165, 1.54) is 41.9 Å². The quantitative estimate of drug-likeness (QED) is 0.940. The molecule has 3 atom stereocenters. The van der Waals surface area contributed by atoms with Crippen LogP contribution in [0.2, 0.25) is 0 Å². The predicted octanol–water partition coefficient (Wildman–Crippen LogP) is 3.39. The summed E-state index contributed by atoms with van der Waals surface area (Å²) in [6.45, 7) is 3.37. The summed E-state index contributed by atoms with van der Waals surface area (Å²) in [6.07, 6.45) is 6.37. The number of likely N-dealkylation sites (tertiary alicyclic amines) is 1. The lowest BCUT2D eigenvalue weighted by Gasteiger charge is -2.31. The summed E-state index contributed by atoms with van der Waals surface area (Å²) < 4.78 is 5.73. The zero-order chi connectivity index (χ0) is 14.9. The first-order valence-corrected chi connectivity index (χ1v) is 9.04. The van der Waals surface area contributed by atoms with E-state index in [4.69, 9.17) is 4.74 Å². The van der Waals surface area contributed by atoms with Crippen LogP contribution < -0.4 is 0 Å². The summed E-state index contributed by atoms with van der Waals surface area (Å²) in [4.78, 5) is 3.87. The minimum absolute atomic E-state index is 0.463. The fourth-order valence-electron chi connectivity index (χ4n) is 4.24. The second kappa shape index (κ2) is 6.14. The normalized spacial score (nSPS) is 28.9. The Bertz CT molecular complexity index is 609. The lowest BCUT2D eigenvalue weighted by atomic mass is 9.79. The molecule has 2 aliphatic rings. The van der Waals surface area contributed by atoms with Crippen LogP contribution in [0.1, 0.15) is 24.8 Å². The summed E-state index contributed by atoms with van der Waals surface area (Å²) >= 11 is 1.77. The number of hydrogen-bond acceptors (Lipinski definition) is 4. The molecule has 0 bridgehead atoms. The van der Waals surface area contributed by atoms with Gasteiger partial charge in [-0.05, 0) is 30.2 Å². The maximum Gasteiger partial charge on any atom is 0.0794 e. The number of nitrogens with one attached hydrogen (secondary N) is 1. The maximum atomic E-state index is 5.73. The molecule has 0 amide bonds. The fraction of sp³-hybridized carbons (Fsp3) is 0.588. The second-order valence-corrected chi connectivity index (χ2v) is 7.52. The molecule has 3 heterocycles. The lowest BCUT2D eigenvalue weighted by Crippen LogP contribution is -2.33. The van der Waals surface area contributed by atoms with Gasteiger partial charge < -0.3 is 4.74 Å². The molecule has 1 N–H and O–H groups in total. The van der Waals surface area contributed by atoms with E-state index in [0.717, 1.165) is 24.9 Å². The van der Waals surface area contributed by atoms with Crippen LogP contribution in [-0.4, -0.2) is 41.4 Å². The summed E-state index contributed by atoms with van der Waals surface area (Å²) in [7, 11) is 1.88. The van der Waals surface area contributed by atoms with E-state index < -0.39 is 0 Å². The number of fused-ring (bicyclic) bond motifs is 1. The topological polar surface area (TPSA) is 41.1 Å². The van der Waals surface area contributed by atoms with E-state index in [1.807, 2.05) is 13.3 Å². The van der Waals surface area contributed by atoms with E-state index in [-0.39, 0.29) is 0 Å². The van der Waals surface area contributed by atoms with Crippen molar-refractivity contribution < 1.29 is 4.74 Å². The Balaban J connectivity index is 1.48. The number of methoxy groups -OCH3 is 1. The predicted molar refractivity (Wildman–Crippen MR) is 88.8 cm³/mol. The van der Waals surface area contributed by atoms with Crippen LogP contribution in [0.3, 0.4) is 0 Å². The summed E-state index contributed by atoms with van der Waals surface area (Å²) in [5.41, 5.74) is 2.50. The van der Waals surface area contributed by atoms with Crippen molar-refractivity contribution in [2.24, 2.45) is 11.8 Å². The molecule has 2 fully saturated rings. The summed E-state index contributed by atoms with van der Waals surface area (Å²) in [5.74, 6) is 1.53. The van der Waals surface area contributed by atoms with Gasteiger partial charge in [0.1, 0.15) is 0 Å². The first-order valence-electron chi connectivity index (χ1n) is 8.16. The molecule has 5 heteroatoms. The number of rotatable bonds is 4. The van der Waals surface area contributed by atoms with Gasteiger partial charge in [0.25, 0.3) is 0 Å². The molecule has 1 aliphatic carbocycles. The average Bonchev–Trinajstić information content (AvgIpc) is 3.26. The van der Waals surface area contributed by atoms with Gasteiger partial charge in [0.05, 0.1) is 22.9 Å². The summed E-state index contributed by atoms with van der Waals surface area (Å²) in [5, 5.41) is 9.56. The van der Waals surface area contributed by atoms with Crippen molar-refractivity contribution in [3.8, 4) is 10.6 Å². The van der Waals surface area contributed by atoms with Crippen molar-refractivity contribution in [2.45, 2.75) is 31.9 Å². The third-order valence-electron chi connectivity index (χ3n) is 5.29. The van der Waals surface area contributed by atoms with Crippen molar-refractivity contribution in [1.29, 1.82) is 0 Å². The molecule has 4 rings (SSSR count). The fourth-order valence-corrected chi connectivity index (χ4v) is 4.99. The molecular weight excluding hydrogens is 294 g/mol. The van der Waals surface area contributed by atoms with Gasteiger partial charge in [-0.3, -0.25) is 10.00 Å². The van der Waals surface area contributed by atoms with Crippen molar-refractivity contribution in [3.05, 3.63) is 29.3 Å². The van der Waals surface area contributed by atoms with Gasteiger partial charge in [-0.15, -0.1) is 11.3 Å². The van der Waals surface area contributed by atoms with Crippen LogP contribution in [-0.2, 0) is 11.3 Å². The number of ether oxygens (including phenoxy) is 1. The number of nitrogens with zero attached hydrogens (tertiary/aromatic N) is 2. The molecule has 1 saturated heterocycles. The molecule has 1 saturated carbocycles. The maximum absolute atomic E-state index is 5.73. The van der Waals surface area contributed by atoms with Crippen LogP contribution >= 0.6 is 11.3 Å². The highest BCUT2D eigenvalue weighted by Crippen LogP contribution is 2.38. The SMILES string of the molecule is CO[C@@H]1CCC[C@@H]2CN(Cc3cn[nH]c3-c3cccs3)C[C@@H]21. The molecule has 4 nitrogen and oxygen atoms in total. The Kier molecular flexibility index (Phi) is 4.03. The van der Waals surface area contributed by atoms with Gasteiger partial charge in [0.2, 0.25) is 0 Å². The molecule has 1 aliphatic heterocycles. The monoisotopic (exact) mass is 317 g/mol. The minimum atomic E-state index is 0.463. The van der Waals surface area contributed by atoms with E-state index >= 15 is 0 Å². The van der Waals surface area contributed by atoms with Crippen LogP contribution in [0.4, 0.5) is 0 Å². The Morgan fingerprint density at radius 3 is 3.18 bits per heavy atom. The molecule has 0 spiro atoms. The van der Waals surface area contributed by atoms with E-state index in [0.29, 0.717) is 6.10 Å². The van der Waals surface area contributed by atoms with Crippen LogP contribution in [0.15, 0.2) is 23.7 Å². The molecule has 2 aromatic heterocycles. The number of hydrogen-bond donors (Lipinski definition) is 1. The second-order valence-electron chi connectivity index (χ2n) is 6.57. The zero-order valence-corrected chi connectivity index (χ0v) is 13.8. The first kappa shape index (κ1) is 14.4. The molecule has 2 aromatic rings. The largest absolute Gasteiger partial charge is 0.381 e. The first-order chi connectivity index (χ1) is 10.8. The molecular formula is C17H23N3OS. The van der Waals surface area contributed by atoms with Crippen molar-refractivity contribution in [3.63, 3.8) is 0 Å². The van der Waals surface area contributed by atoms with E-state index in [1.54, 1.807) is 11.3 Å². The molecule has 0 radical (unpaired) electrons. The van der Waals surface area contributed by atoms with Gasteiger partial charge in [0.15, 0.2) is 0 Å². The molecule has 0 unspecified atom stereocenters. The molecule has 0 aromatic carbocycles. The van der Waals surface area contributed by atoms with Crippen molar-refractivity contribution in [2.75, 3.05) is 20.2 Å². The van der Waals surface area contributed by atoms with Gasteiger partial charge in [-0.2, -0.15) is 5.10 Å². The number of aromatic nitrogens is 2. The Morgan fingerprint density at radius 2 is 2.36 bits per heavy atom. The van der Waals surface area contributed by atoms with Gasteiger partial charge in [-0.25, -0.2) is 0 Å². The highest BCUT2D eigenvalue weighted by atomic mass is 32.1. The summed E-state index contributed by atoms with van der Waals surface area (Å²) in [6, 6.07) is 4.25. The Hall–Kier alpha value is -1.17. The number of thiophene rings is 1. The highest BCUT2D eigenvalue weighted by Gasteiger charge is 2.40. The van der Waals surface area contributed by atoms with Crippen LogP contribution in [0.25, 0.3) is 10.6 Å². The van der Waals surface area contributed by atoms with E-state index in [2.05, 4.69) is 32.6 Å². The van der Waals surface area contributed by atoms with Gasteiger partial charge >= 0.3 is 0 Å². The van der Waals surface area contributed by atoms with Crippen molar-refractivity contribution in [1.82, 2.24) is 15.1 Å². The standard InChI is InChI=1S/C17H23N3OS/c1-21-15-5-2-4-12-9-20(11-14(12)15)10-13-8-18-19-17(13)16-6-3-7-22-16/h3,6-8,12,14-15H,2,4-5,9-11H2,1H3,(H,18,19)/t12-,14+,15-/m1/s1. The zero-order valence-electron chi connectivity index (χ0n) is 13.0. The van der Waals surface area contributed by atoms with Crippen LogP contribution in [0.5, 0.6) is 0 Å². The van der Waals surface area contributed by atoms with E-state index in [9.17, 15) is 0 Å². The number of aromatic amines is 1. The molecule has 22 heavy (non-hydrogen) atoms. The molecule has 118 valence electrons. The smallest absolute Gasteiger partial charge is 0.0794 e. The number of H-pyrrole nitrogens is 1. The Morgan fingerprint density at radius 1 is 1.41 bits per heavy atom. The third-order valence-corrected chi connectivity index (χ3v) is 6.18. The highest BCUT2D eigenvalue weighted by molar-refractivity contribution is 7.13. The van der Waals surface area contributed by atoms with Crippen LogP contribution in [0, 0.1) is 11.8 Å². The minimum Gasteiger partial charge on any atom is -0.381 e. The average molecular weight is 317 g/mol. The van der Waals surface area contributed by atoms with Gasteiger partial charge in [0, 0.05) is 38.2 Å². The van der Waals surface area contributed by atoms with Crippen molar-refractivity contribution >= 4 is 11.3 Å². The van der Waals surface area contributed by atoms with Gasteiger partial charge in [-0.1, -0.05) is 12.5 Å². The lowest BCUT2D eigenvalue weighted by molar-refractivity contribution is 0.0125. The Labute approximate surface area is 135 Å².